The van der Waals surface area contributed by atoms with Gasteiger partial charge < -0.3 is 14.8 Å². The molecule has 0 aromatic carbocycles. The smallest absolute Gasteiger partial charge is 0.194 e. The van der Waals surface area contributed by atoms with Gasteiger partial charge in [0.15, 0.2) is 5.96 Å². The third kappa shape index (κ3) is 4.08. The van der Waals surface area contributed by atoms with E-state index in [1.165, 1.54) is 5.69 Å². The van der Waals surface area contributed by atoms with E-state index in [0.717, 1.165) is 23.9 Å². The van der Waals surface area contributed by atoms with Crippen molar-refractivity contribution in [1.82, 2.24) is 19.8 Å². The largest absolute Gasteiger partial charge is 0.353 e. The number of pyridine rings is 1. The summed E-state index contributed by atoms with van der Waals surface area (Å²) >= 11 is 0. The first-order chi connectivity index (χ1) is 10.1. The summed E-state index contributed by atoms with van der Waals surface area (Å²) in [6.45, 7) is 3.48. The number of hydrogen-bond acceptors (Lipinski definition) is 2. The molecular formula is C16H23N5. The van der Waals surface area contributed by atoms with Gasteiger partial charge in [-0.05, 0) is 31.2 Å². The van der Waals surface area contributed by atoms with Gasteiger partial charge in [0, 0.05) is 38.7 Å². The molecule has 5 heteroatoms. The monoisotopic (exact) mass is 285 g/mol. The number of hydrogen-bond donors (Lipinski definition) is 1. The number of aliphatic imine (C=N–C) groups is 1. The van der Waals surface area contributed by atoms with Crippen LogP contribution in [-0.4, -0.2) is 34.5 Å². The summed E-state index contributed by atoms with van der Waals surface area (Å²) < 4.78 is 2.12. The number of nitrogens with one attached hydrogen (secondary N) is 1. The van der Waals surface area contributed by atoms with E-state index < -0.39 is 0 Å². The Morgan fingerprint density at radius 2 is 2.14 bits per heavy atom. The number of rotatable bonds is 4. The molecule has 0 atom stereocenters. The van der Waals surface area contributed by atoms with E-state index >= 15 is 0 Å². The van der Waals surface area contributed by atoms with Gasteiger partial charge in [0.05, 0.1) is 18.8 Å². The molecule has 21 heavy (non-hydrogen) atoms. The molecule has 0 aliphatic carbocycles. The van der Waals surface area contributed by atoms with E-state index in [9.17, 15) is 0 Å². The third-order valence-electron chi connectivity index (χ3n) is 3.40. The minimum Gasteiger partial charge on any atom is -0.353 e. The second-order valence-electron chi connectivity index (χ2n) is 5.14. The Labute approximate surface area is 126 Å². The second-order valence-corrected chi connectivity index (χ2v) is 5.14. The normalized spacial score (nSPS) is 11.5. The predicted octanol–water partition coefficient (Wildman–Crippen LogP) is 1.94. The SMILES string of the molecule is CN=C(NCc1cccc(C)n1)N(C)Cc1cccn1C. The fourth-order valence-electron chi connectivity index (χ4n) is 2.23. The zero-order chi connectivity index (χ0) is 15.2. The van der Waals surface area contributed by atoms with E-state index in [1.807, 2.05) is 32.2 Å². The lowest BCUT2D eigenvalue weighted by Gasteiger charge is -2.22. The van der Waals surface area contributed by atoms with Gasteiger partial charge in [0.1, 0.15) is 0 Å². The molecule has 0 saturated heterocycles. The van der Waals surface area contributed by atoms with Crippen LogP contribution in [0.5, 0.6) is 0 Å². The summed E-state index contributed by atoms with van der Waals surface area (Å²) in [7, 11) is 5.88. The van der Waals surface area contributed by atoms with Crippen LogP contribution >= 0.6 is 0 Å². The van der Waals surface area contributed by atoms with Gasteiger partial charge >= 0.3 is 0 Å². The lowest BCUT2D eigenvalue weighted by Crippen LogP contribution is -2.38. The van der Waals surface area contributed by atoms with Crippen LogP contribution in [-0.2, 0) is 20.1 Å². The topological polar surface area (TPSA) is 45.5 Å². The Morgan fingerprint density at radius 1 is 1.33 bits per heavy atom. The van der Waals surface area contributed by atoms with Crippen molar-refractivity contribution in [2.24, 2.45) is 12.0 Å². The van der Waals surface area contributed by atoms with Crippen LogP contribution < -0.4 is 5.32 Å². The van der Waals surface area contributed by atoms with E-state index in [4.69, 9.17) is 0 Å². The predicted molar refractivity (Wildman–Crippen MR) is 86.1 cm³/mol. The van der Waals surface area contributed by atoms with E-state index in [1.54, 1.807) is 7.05 Å². The average Bonchev–Trinajstić information content (AvgIpc) is 2.85. The number of guanidine groups is 1. The lowest BCUT2D eigenvalue weighted by atomic mass is 10.3. The summed E-state index contributed by atoms with van der Waals surface area (Å²) in [4.78, 5) is 10.9. The minimum atomic E-state index is 0.672. The van der Waals surface area contributed by atoms with Crippen molar-refractivity contribution in [3.05, 3.63) is 53.6 Å². The highest BCUT2D eigenvalue weighted by Gasteiger charge is 2.08. The minimum absolute atomic E-state index is 0.672. The molecule has 0 fully saturated rings. The van der Waals surface area contributed by atoms with Gasteiger partial charge in [-0.3, -0.25) is 9.98 Å². The summed E-state index contributed by atoms with van der Waals surface area (Å²) in [5.41, 5.74) is 3.29. The van der Waals surface area contributed by atoms with E-state index in [-0.39, 0.29) is 0 Å². The highest BCUT2D eigenvalue weighted by Crippen LogP contribution is 2.04. The third-order valence-corrected chi connectivity index (χ3v) is 3.40. The Balaban J connectivity index is 1.95. The fraction of sp³-hybridized carbons (Fsp3) is 0.375. The van der Waals surface area contributed by atoms with Crippen LogP contribution in [0.25, 0.3) is 0 Å². The number of aromatic nitrogens is 2. The van der Waals surface area contributed by atoms with Crippen LogP contribution in [0.4, 0.5) is 0 Å². The lowest BCUT2D eigenvalue weighted by molar-refractivity contribution is 0.461. The van der Waals surface area contributed by atoms with Crippen LogP contribution in [0.1, 0.15) is 17.1 Å². The molecule has 0 aliphatic heterocycles. The fourth-order valence-corrected chi connectivity index (χ4v) is 2.23. The van der Waals surface area contributed by atoms with E-state index in [0.29, 0.717) is 6.54 Å². The van der Waals surface area contributed by atoms with Gasteiger partial charge in [-0.2, -0.15) is 0 Å². The van der Waals surface area contributed by atoms with Gasteiger partial charge in [0.2, 0.25) is 0 Å². The molecule has 0 radical (unpaired) electrons. The molecule has 0 spiro atoms. The van der Waals surface area contributed by atoms with Crippen LogP contribution in [0.2, 0.25) is 0 Å². The second kappa shape index (κ2) is 6.92. The van der Waals surface area contributed by atoms with Gasteiger partial charge in [-0.25, -0.2) is 0 Å². The average molecular weight is 285 g/mol. The molecule has 0 aliphatic rings. The maximum absolute atomic E-state index is 4.49. The summed E-state index contributed by atoms with van der Waals surface area (Å²) in [5, 5.41) is 3.35. The Morgan fingerprint density at radius 3 is 2.76 bits per heavy atom. The van der Waals surface area contributed by atoms with Crippen molar-refractivity contribution in [3.63, 3.8) is 0 Å². The van der Waals surface area contributed by atoms with Crippen molar-refractivity contribution < 1.29 is 0 Å². The Bertz CT molecular complexity index is 615. The molecule has 112 valence electrons. The van der Waals surface area contributed by atoms with Crippen molar-refractivity contribution in [1.29, 1.82) is 0 Å². The Hall–Kier alpha value is -2.30. The maximum atomic E-state index is 4.49. The first kappa shape index (κ1) is 15.1. The molecule has 2 aromatic rings. The molecule has 0 unspecified atom stereocenters. The van der Waals surface area contributed by atoms with Gasteiger partial charge in [0.25, 0.3) is 0 Å². The molecule has 5 nitrogen and oxygen atoms in total. The van der Waals surface area contributed by atoms with Crippen molar-refractivity contribution in [3.8, 4) is 0 Å². The molecule has 0 saturated carbocycles. The summed E-state index contributed by atoms with van der Waals surface area (Å²) in [6, 6.07) is 10.2. The first-order valence-corrected chi connectivity index (χ1v) is 7.04. The highest BCUT2D eigenvalue weighted by atomic mass is 15.3. The van der Waals surface area contributed by atoms with Crippen LogP contribution in [0, 0.1) is 6.92 Å². The summed E-state index contributed by atoms with van der Waals surface area (Å²) in [5.74, 6) is 0.861. The molecular weight excluding hydrogens is 262 g/mol. The highest BCUT2D eigenvalue weighted by molar-refractivity contribution is 5.79. The molecule has 1 N–H and O–H groups in total. The summed E-state index contributed by atoms with van der Waals surface area (Å²) in [6.07, 6.45) is 2.05. The molecule has 2 heterocycles. The van der Waals surface area contributed by atoms with Crippen molar-refractivity contribution in [2.45, 2.75) is 20.0 Å². The van der Waals surface area contributed by atoms with Crippen molar-refractivity contribution in [2.75, 3.05) is 14.1 Å². The zero-order valence-corrected chi connectivity index (χ0v) is 13.2. The van der Waals surface area contributed by atoms with Gasteiger partial charge in [-0.15, -0.1) is 0 Å². The molecule has 2 rings (SSSR count). The standard InChI is InChI=1S/C16H23N5/c1-13-7-5-8-14(19-13)11-18-16(17-2)21(4)12-15-9-6-10-20(15)3/h5-10H,11-12H2,1-4H3,(H,17,18). The number of nitrogens with zero attached hydrogens (tertiary/aromatic N) is 4. The van der Waals surface area contributed by atoms with Gasteiger partial charge in [-0.1, -0.05) is 6.07 Å². The van der Waals surface area contributed by atoms with Crippen LogP contribution in [0.15, 0.2) is 41.5 Å². The molecule has 2 aromatic heterocycles. The molecule has 0 amide bonds. The van der Waals surface area contributed by atoms with Crippen molar-refractivity contribution >= 4 is 5.96 Å². The first-order valence-electron chi connectivity index (χ1n) is 7.04. The molecule has 0 bridgehead atoms. The maximum Gasteiger partial charge on any atom is 0.194 e. The van der Waals surface area contributed by atoms with E-state index in [2.05, 4.69) is 50.1 Å². The zero-order valence-electron chi connectivity index (χ0n) is 13.2. The quantitative estimate of drug-likeness (QED) is 0.690. The van der Waals surface area contributed by atoms with Crippen LogP contribution in [0.3, 0.4) is 0 Å². The Kier molecular flexibility index (Phi) is 4.98. The number of aryl methyl sites for hydroxylation is 2.